The van der Waals surface area contributed by atoms with Crippen molar-refractivity contribution < 1.29 is 23.9 Å². The van der Waals surface area contributed by atoms with Crippen LogP contribution in [0.1, 0.15) is 29.3 Å². The minimum Gasteiger partial charge on any atom is -0.488 e. The number of carbonyl (C=O) groups is 3. The summed E-state index contributed by atoms with van der Waals surface area (Å²) in [5.41, 5.74) is 2.17. The average molecular weight is 365 g/mol. The summed E-state index contributed by atoms with van der Waals surface area (Å²) >= 11 is 0. The summed E-state index contributed by atoms with van der Waals surface area (Å²) in [6, 6.07) is 13.8. The van der Waals surface area contributed by atoms with E-state index in [1.807, 2.05) is 24.3 Å². The summed E-state index contributed by atoms with van der Waals surface area (Å²) in [6.45, 7) is 1.50. The summed E-state index contributed by atoms with van der Waals surface area (Å²) < 4.78 is 10.6. The monoisotopic (exact) mass is 365 g/mol. The molecule has 1 aliphatic rings. The van der Waals surface area contributed by atoms with Gasteiger partial charge in [0.05, 0.1) is 5.57 Å². The molecule has 0 aromatic heterocycles. The van der Waals surface area contributed by atoms with Crippen molar-refractivity contribution in [2.24, 2.45) is 0 Å². The van der Waals surface area contributed by atoms with E-state index in [0.717, 1.165) is 5.56 Å². The fourth-order valence-corrected chi connectivity index (χ4v) is 2.53. The van der Waals surface area contributed by atoms with Crippen LogP contribution >= 0.6 is 0 Å². The van der Waals surface area contributed by atoms with Crippen LogP contribution in [0, 0.1) is 0 Å². The SMILES string of the molecule is CCC(=O)Nc1ccc(C(=O)COC(=O)C2=Cc3ccccc3OC2)cc1. The van der Waals surface area contributed by atoms with E-state index in [9.17, 15) is 14.4 Å². The van der Waals surface area contributed by atoms with Gasteiger partial charge in [0.15, 0.2) is 12.4 Å². The van der Waals surface area contributed by atoms with Gasteiger partial charge in [-0.15, -0.1) is 0 Å². The molecule has 1 heterocycles. The van der Waals surface area contributed by atoms with Gasteiger partial charge < -0.3 is 14.8 Å². The molecular weight excluding hydrogens is 346 g/mol. The maximum absolute atomic E-state index is 12.2. The van der Waals surface area contributed by atoms with Crippen LogP contribution in [-0.4, -0.2) is 30.9 Å². The molecule has 27 heavy (non-hydrogen) atoms. The van der Waals surface area contributed by atoms with Crippen LogP contribution in [0.5, 0.6) is 5.75 Å². The van der Waals surface area contributed by atoms with Crippen molar-refractivity contribution in [1.82, 2.24) is 0 Å². The molecule has 0 radical (unpaired) electrons. The third-order valence-corrected chi connectivity index (χ3v) is 4.04. The zero-order chi connectivity index (χ0) is 19.2. The van der Waals surface area contributed by atoms with Gasteiger partial charge >= 0.3 is 5.97 Å². The van der Waals surface area contributed by atoms with Crippen molar-refractivity contribution >= 4 is 29.4 Å². The summed E-state index contributed by atoms with van der Waals surface area (Å²) in [5.74, 6) is -0.299. The van der Waals surface area contributed by atoms with E-state index >= 15 is 0 Å². The van der Waals surface area contributed by atoms with Crippen LogP contribution in [0.2, 0.25) is 0 Å². The van der Waals surface area contributed by atoms with Crippen LogP contribution in [0.4, 0.5) is 5.69 Å². The first-order chi connectivity index (χ1) is 13.1. The summed E-state index contributed by atoms with van der Waals surface area (Å²) in [5, 5.41) is 2.70. The highest BCUT2D eigenvalue weighted by molar-refractivity contribution is 6.01. The highest BCUT2D eigenvalue weighted by Gasteiger charge is 2.19. The number of carbonyl (C=O) groups excluding carboxylic acids is 3. The number of benzene rings is 2. The van der Waals surface area contributed by atoms with Crippen molar-refractivity contribution in [2.75, 3.05) is 18.5 Å². The molecule has 3 rings (SSSR count). The Morgan fingerprint density at radius 2 is 1.81 bits per heavy atom. The number of hydrogen-bond acceptors (Lipinski definition) is 5. The second-order valence-corrected chi connectivity index (χ2v) is 5.97. The number of rotatable bonds is 6. The molecule has 138 valence electrons. The number of Topliss-reactive ketones (excluding diaryl/α,β-unsaturated/α-hetero) is 1. The fourth-order valence-electron chi connectivity index (χ4n) is 2.53. The molecule has 2 aromatic rings. The highest BCUT2D eigenvalue weighted by atomic mass is 16.5. The number of nitrogens with one attached hydrogen (secondary N) is 1. The molecule has 1 N–H and O–H groups in total. The summed E-state index contributed by atoms with van der Waals surface area (Å²) in [4.78, 5) is 35.7. The number of hydrogen-bond donors (Lipinski definition) is 1. The van der Waals surface area contributed by atoms with Gasteiger partial charge in [-0.1, -0.05) is 25.1 Å². The van der Waals surface area contributed by atoms with Gasteiger partial charge in [0, 0.05) is 23.2 Å². The quantitative estimate of drug-likeness (QED) is 0.628. The standard InChI is InChI=1S/C21H19NO5/c1-2-20(24)22-17-9-7-14(8-10-17)18(23)13-27-21(25)16-11-15-5-3-4-6-19(15)26-12-16/h3-11H,2,12-13H2,1H3,(H,22,24). The van der Waals surface area contributed by atoms with Crippen LogP contribution in [0.15, 0.2) is 54.1 Å². The van der Waals surface area contributed by atoms with Gasteiger partial charge in [-0.25, -0.2) is 4.79 Å². The van der Waals surface area contributed by atoms with Crippen LogP contribution in [0.25, 0.3) is 6.08 Å². The highest BCUT2D eigenvalue weighted by Crippen LogP contribution is 2.26. The van der Waals surface area contributed by atoms with Crippen molar-refractivity contribution in [3.05, 3.63) is 65.2 Å². The fraction of sp³-hybridized carbons (Fsp3) is 0.190. The molecule has 0 unspecified atom stereocenters. The lowest BCUT2D eigenvalue weighted by Crippen LogP contribution is -2.20. The van der Waals surface area contributed by atoms with Gasteiger partial charge in [-0.3, -0.25) is 9.59 Å². The summed E-state index contributed by atoms with van der Waals surface area (Å²) in [7, 11) is 0. The van der Waals surface area contributed by atoms with E-state index < -0.39 is 5.97 Å². The molecule has 6 heteroatoms. The molecule has 0 spiro atoms. The predicted molar refractivity (Wildman–Crippen MR) is 101 cm³/mol. The molecule has 0 saturated heterocycles. The first kappa shape index (κ1) is 18.4. The van der Waals surface area contributed by atoms with Crippen molar-refractivity contribution in [3.8, 4) is 5.75 Å². The first-order valence-electron chi connectivity index (χ1n) is 8.59. The number of para-hydroxylation sites is 1. The molecule has 0 fully saturated rings. The molecule has 0 bridgehead atoms. The molecule has 6 nitrogen and oxygen atoms in total. The molecule has 0 aliphatic carbocycles. The van der Waals surface area contributed by atoms with Crippen LogP contribution in [0.3, 0.4) is 0 Å². The lowest BCUT2D eigenvalue weighted by molar-refractivity contribution is -0.138. The lowest BCUT2D eigenvalue weighted by Gasteiger charge is -2.16. The minimum absolute atomic E-state index is 0.104. The predicted octanol–water partition coefficient (Wildman–Crippen LogP) is 3.24. The molecule has 0 saturated carbocycles. The maximum atomic E-state index is 12.2. The van der Waals surface area contributed by atoms with Gasteiger partial charge in [0.25, 0.3) is 0 Å². The zero-order valence-corrected chi connectivity index (χ0v) is 14.9. The second kappa shape index (κ2) is 8.31. The van der Waals surface area contributed by atoms with Crippen molar-refractivity contribution in [2.45, 2.75) is 13.3 Å². The topological polar surface area (TPSA) is 81.7 Å². The van der Waals surface area contributed by atoms with E-state index in [2.05, 4.69) is 5.32 Å². The Balaban J connectivity index is 1.57. The zero-order valence-electron chi connectivity index (χ0n) is 14.9. The Bertz CT molecular complexity index is 899. The molecule has 1 amide bonds. The Kier molecular flexibility index (Phi) is 5.66. The Morgan fingerprint density at radius 3 is 2.56 bits per heavy atom. The molecular formula is C21H19NO5. The number of fused-ring (bicyclic) bond motifs is 1. The Hall–Kier alpha value is -3.41. The van der Waals surface area contributed by atoms with Gasteiger partial charge in [-0.2, -0.15) is 0 Å². The number of amides is 1. The van der Waals surface area contributed by atoms with Crippen LogP contribution < -0.4 is 10.1 Å². The minimum atomic E-state index is -0.579. The van der Waals surface area contributed by atoms with Gasteiger partial charge in [0.1, 0.15) is 12.4 Å². The van der Waals surface area contributed by atoms with Crippen LogP contribution in [-0.2, 0) is 14.3 Å². The third-order valence-electron chi connectivity index (χ3n) is 4.04. The van der Waals surface area contributed by atoms with E-state index in [0.29, 0.717) is 29.0 Å². The lowest BCUT2D eigenvalue weighted by atomic mass is 10.1. The van der Waals surface area contributed by atoms with Crippen molar-refractivity contribution in [3.63, 3.8) is 0 Å². The third kappa shape index (κ3) is 4.61. The molecule has 2 aromatic carbocycles. The Labute approximate surface area is 156 Å². The number of esters is 1. The summed E-state index contributed by atoms with van der Waals surface area (Å²) in [6.07, 6.45) is 2.08. The molecule has 1 aliphatic heterocycles. The van der Waals surface area contributed by atoms with Gasteiger partial charge in [-0.05, 0) is 36.4 Å². The first-order valence-corrected chi connectivity index (χ1v) is 8.59. The average Bonchev–Trinajstić information content (AvgIpc) is 2.71. The normalized spacial score (nSPS) is 12.3. The second-order valence-electron chi connectivity index (χ2n) is 5.97. The van der Waals surface area contributed by atoms with E-state index in [1.54, 1.807) is 37.3 Å². The maximum Gasteiger partial charge on any atom is 0.337 e. The largest absolute Gasteiger partial charge is 0.488 e. The number of anilines is 1. The Morgan fingerprint density at radius 1 is 1.07 bits per heavy atom. The van der Waals surface area contributed by atoms with Gasteiger partial charge in [0.2, 0.25) is 5.91 Å². The van der Waals surface area contributed by atoms with E-state index in [-0.39, 0.29) is 24.9 Å². The van der Waals surface area contributed by atoms with Crippen molar-refractivity contribution in [1.29, 1.82) is 0 Å². The number of ether oxygens (including phenoxy) is 2. The smallest absolute Gasteiger partial charge is 0.337 e. The van der Waals surface area contributed by atoms with E-state index in [4.69, 9.17) is 9.47 Å². The van der Waals surface area contributed by atoms with E-state index in [1.165, 1.54) is 0 Å². The number of ketones is 1. The molecule has 0 atom stereocenters.